The van der Waals surface area contributed by atoms with Crippen molar-refractivity contribution in [2.24, 2.45) is 4.99 Å². The van der Waals surface area contributed by atoms with Gasteiger partial charge in [0.05, 0.1) is 0 Å². The fraction of sp³-hybridized carbons (Fsp3) is 0.611. The molecule has 150 valence electrons. The largest absolute Gasteiger partial charge is 0.356 e. The van der Waals surface area contributed by atoms with Crippen molar-refractivity contribution in [2.75, 3.05) is 20.1 Å². The number of guanidine groups is 1. The van der Waals surface area contributed by atoms with Crippen LogP contribution in [0.4, 0.5) is 0 Å². The highest BCUT2D eigenvalue weighted by Crippen LogP contribution is 2.19. The predicted molar refractivity (Wildman–Crippen MR) is 122 cm³/mol. The maximum Gasteiger partial charge on any atom is 0.345 e. The van der Waals surface area contributed by atoms with Gasteiger partial charge in [-0.1, -0.05) is 13.0 Å². The number of thiophene rings is 1. The van der Waals surface area contributed by atoms with Crippen LogP contribution in [0.15, 0.2) is 27.3 Å². The molecular weight excluding hydrogens is 475 g/mol. The van der Waals surface area contributed by atoms with Crippen LogP contribution in [0.3, 0.4) is 0 Å². The summed E-state index contributed by atoms with van der Waals surface area (Å²) >= 11 is 1.78. The molecule has 2 aromatic heterocycles. The number of aryl methyl sites for hydroxylation is 2. The molecule has 0 saturated carbocycles. The van der Waals surface area contributed by atoms with E-state index in [1.165, 1.54) is 4.88 Å². The Morgan fingerprint density at radius 1 is 1.41 bits per heavy atom. The third-order valence-corrected chi connectivity index (χ3v) is 5.80. The topological polar surface area (TPSA) is 76.2 Å². The second kappa shape index (κ2) is 10.8. The van der Waals surface area contributed by atoms with Crippen LogP contribution in [0.2, 0.25) is 0 Å². The number of fused-ring (bicyclic) bond motifs is 1. The van der Waals surface area contributed by atoms with Gasteiger partial charge in [-0.3, -0.25) is 9.56 Å². The SMILES string of the molecule is CN=C(NCCCn1nc2n(c1=O)CCCC2)NCC(C)c1cccs1.I. The Bertz CT molecular complexity index is 782. The second-order valence-corrected chi connectivity index (χ2v) is 7.66. The van der Waals surface area contributed by atoms with Crippen molar-refractivity contribution in [3.05, 3.63) is 38.7 Å². The molecular formula is C18H29IN6OS. The Labute approximate surface area is 181 Å². The lowest BCUT2D eigenvalue weighted by Crippen LogP contribution is -2.39. The number of nitrogens with zero attached hydrogens (tertiary/aromatic N) is 4. The van der Waals surface area contributed by atoms with Crippen LogP contribution in [0, 0.1) is 0 Å². The third kappa shape index (κ3) is 5.81. The van der Waals surface area contributed by atoms with E-state index in [1.54, 1.807) is 23.1 Å². The minimum absolute atomic E-state index is 0. The average Bonchev–Trinajstić information content (AvgIpc) is 3.30. The molecule has 0 spiro atoms. The molecule has 0 saturated heterocycles. The first-order chi connectivity index (χ1) is 12.7. The smallest absolute Gasteiger partial charge is 0.345 e. The number of rotatable bonds is 7. The van der Waals surface area contributed by atoms with Crippen molar-refractivity contribution < 1.29 is 0 Å². The van der Waals surface area contributed by atoms with Crippen molar-refractivity contribution >= 4 is 41.3 Å². The quantitative estimate of drug-likeness (QED) is 0.263. The lowest BCUT2D eigenvalue weighted by atomic mass is 10.1. The highest BCUT2D eigenvalue weighted by atomic mass is 127. The van der Waals surface area contributed by atoms with Gasteiger partial charge in [0.15, 0.2) is 5.96 Å². The van der Waals surface area contributed by atoms with Crippen LogP contribution >= 0.6 is 35.3 Å². The number of aromatic nitrogens is 3. The summed E-state index contributed by atoms with van der Waals surface area (Å²) in [7, 11) is 1.78. The summed E-state index contributed by atoms with van der Waals surface area (Å²) in [5.41, 5.74) is 0.0342. The fourth-order valence-electron chi connectivity index (χ4n) is 3.17. The van der Waals surface area contributed by atoms with E-state index in [4.69, 9.17) is 0 Å². The summed E-state index contributed by atoms with van der Waals surface area (Å²) in [4.78, 5) is 17.9. The van der Waals surface area contributed by atoms with E-state index < -0.39 is 0 Å². The molecule has 0 fully saturated rings. The van der Waals surface area contributed by atoms with Crippen LogP contribution in [0.1, 0.15) is 42.8 Å². The summed E-state index contributed by atoms with van der Waals surface area (Å²) in [5, 5.41) is 13.3. The minimum atomic E-state index is 0. The summed E-state index contributed by atoms with van der Waals surface area (Å²) < 4.78 is 3.43. The molecule has 1 aliphatic rings. The Balaban J connectivity index is 0.00000261. The van der Waals surface area contributed by atoms with Crippen LogP contribution < -0.4 is 16.3 Å². The van der Waals surface area contributed by atoms with E-state index in [0.29, 0.717) is 12.5 Å². The highest BCUT2D eigenvalue weighted by Gasteiger charge is 2.16. The Hall–Kier alpha value is -1.36. The van der Waals surface area contributed by atoms with Crippen molar-refractivity contribution in [1.29, 1.82) is 0 Å². The van der Waals surface area contributed by atoms with Gasteiger partial charge in [-0.25, -0.2) is 9.48 Å². The molecule has 0 bridgehead atoms. The van der Waals surface area contributed by atoms with Crippen LogP contribution in [-0.4, -0.2) is 40.4 Å². The maximum absolute atomic E-state index is 12.3. The molecule has 1 aliphatic heterocycles. The normalized spacial score (nSPS) is 15.0. The first kappa shape index (κ1) is 21.9. The standard InChI is InChI=1S/C18H28N6OS.HI/c1-14(15-7-5-12-26-15)13-21-17(19-2)20-9-6-11-24-18(25)23-10-4-3-8-16(23)22-24;/h5,7,12,14H,3-4,6,8-11,13H2,1-2H3,(H2,19,20,21);1H. The van der Waals surface area contributed by atoms with Gasteiger partial charge >= 0.3 is 5.69 Å². The third-order valence-electron chi connectivity index (χ3n) is 4.70. The number of nitrogens with one attached hydrogen (secondary N) is 2. The second-order valence-electron chi connectivity index (χ2n) is 6.68. The van der Waals surface area contributed by atoms with Gasteiger partial charge in [0.1, 0.15) is 5.82 Å². The molecule has 9 heteroatoms. The van der Waals surface area contributed by atoms with Crippen molar-refractivity contribution in [1.82, 2.24) is 25.0 Å². The Kier molecular flexibility index (Phi) is 8.81. The molecule has 7 nitrogen and oxygen atoms in total. The fourth-order valence-corrected chi connectivity index (χ4v) is 3.96. The van der Waals surface area contributed by atoms with Gasteiger partial charge in [0, 0.05) is 50.4 Å². The summed E-state index contributed by atoms with van der Waals surface area (Å²) in [6.45, 7) is 5.24. The Morgan fingerprint density at radius 3 is 2.96 bits per heavy atom. The molecule has 0 radical (unpaired) electrons. The number of halogens is 1. The van der Waals surface area contributed by atoms with E-state index in [0.717, 1.165) is 57.1 Å². The van der Waals surface area contributed by atoms with Gasteiger partial charge in [0.25, 0.3) is 0 Å². The van der Waals surface area contributed by atoms with Crippen LogP contribution in [0.25, 0.3) is 0 Å². The summed E-state index contributed by atoms with van der Waals surface area (Å²) in [5.74, 6) is 2.18. The minimum Gasteiger partial charge on any atom is -0.356 e. The van der Waals surface area contributed by atoms with Crippen molar-refractivity contribution in [3.63, 3.8) is 0 Å². The molecule has 3 heterocycles. The maximum atomic E-state index is 12.3. The first-order valence-corrected chi connectivity index (χ1v) is 10.2. The lowest BCUT2D eigenvalue weighted by molar-refractivity contribution is 0.509. The van der Waals surface area contributed by atoms with Crippen molar-refractivity contribution in [3.8, 4) is 0 Å². The zero-order valence-corrected chi connectivity index (χ0v) is 19.1. The van der Waals surface area contributed by atoms with Crippen LogP contribution in [-0.2, 0) is 19.5 Å². The lowest BCUT2D eigenvalue weighted by Gasteiger charge is -2.15. The molecule has 1 unspecified atom stereocenters. The molecule has 0 aliphatic carbocycles. The highest BCUT2D eigenvalue weighted by molar-refractivity contribution is 14.0. The predicted octanol–water partition coefficient (Wildman–Crippen LogP) is 2.42. The summed E-state index contributed by atoms with van der Waals surface area (Å²) in [6, 6.07) is 4.24. The number of aliphatic imine (C=N–C) groups is 1. The van der Waals surface area contributed by atoms with E-state index in [2.05, 4.69) is 45.2 Å². The molecule has 3 rings (SSSR count). The molecule has 27 heavy (non-hydrogen) atoms. The zero-order valence-electron chi connectivity index (χ0n) is 16.0. The summed E-state index contributed by atoms with van der Waals surface area (Å²) in [6.07, 6.45) is 3.95. The molecule has 2 aromatic rings. The zero-order chi connectivity index (χ0) is 18.4. The van der Waals surface area contributed by atoms with Crippen LogP contribution in [0.5, 0.6) is 0 Å². The molecule has 0 amide bonds. The first-order valence-electron chi connectivity index (χ1n) is 9.33. The van der Waals surface area contributed by atoms with E-state index >= 15 is 0 Å². The van der Waals surface area contributed by atoms with E-state index in [9.17, 15) is 4.79 Å². The van der Waals surface area contributed by atoms with Gasteiger partial charge in [0.2, 0.25) is 0 Å². The molecule has 1 atom stereocenters. The monoisotopic (exact) mass is 504 g/mol. The van der Waals surface area contributed by atoms with Crippen molar-refractivity contribution in [2.45, 2.75) is 51.6 Å². The average molecular weight is 504 g/mol. The Morgan fingerprint density at radius 2 is 2.26 bits per heavy atom. The van der Waals surface area contributed by atoms with Gasteiger partial charge < -0.3 is 10.6 Å². The number of hydrogen-bond acceptors (Lipinski definition) is 4. The van der Waals surface area contributed by atoms with Gasteiger partial charge in [-0.2, -0.15) is 5.10 Å². The van der Waals surface area contributed by atoms with E-state index in [-0.39, 0.29) is 29.7 Å². The number of hydrogen-bond donors (Lipinski definition) is 2. The molecule has 2 N–H and O–H groups in total. The van der Waals surface area contributed by atoms with E-state index in [1.807, 2.05) is 4.57 Å². The molecule has 0 aromatic carbocycles. The van der Waals surface area contributed by atoms with Gasteiger partial charge in [-0.15, -0.1) is 35.3 Å². The van der Waals surface area contributed by atoms with Gasteiger partial charge in [-0.05, 0) is 30.7 Å².